The van der Waals surface area contributed by atoms with E-state index in [1.54, 1.807) is 18.5 Å². The molecule has 0 radical (unpaired) electrons. The van der Waals surface area contributed by atoms with E-state index in [2.05, 4.69) is 15.2 Å². The summed E-state index contributed by atoms with van der Waals surface area (Å²) in [6, 6.07) is 5.76. The van der Waals surface area contributed by atoms with Gasteiger partial charge in [0.25, 0.3) is 5.91 Å². The number of ether oxygens (including phenoxy) is 2. The van der Waals surface area contributed by atoms with E-state index in [1.807, 2.05) is 23.2 Å². The highest BCUT2D eigenvalue weighted by atomic mass is 16.5. The molecule has 1 amide bonds. The van der Waals surface area contributed by atoms with Gasteiger partial charge in [-0.3, -0.25) is 14.9 Å². The van der Waals surface area contributed by atoms with Crippen LogP contribution in [-0.4, -0.2) is 57.9 Å². The molecule has 1 aliphatic carbocycles. The van der Waals surface area contributed by atoms with Crippen LogP contribution in [0.2, 0.25) is 0 Å². The Kier molecular flexibility index (Phi) is 4.76. The number of carbonyl (C=O) groups is 1. The number of hydrogen-bond donors (Lipinski definition) is 1. The van der Waals surface area contributed by atoms with Gasteiger partial charge in [0, 0.05) is 31.1 Å². The zero-order valence-electron chi connectivity index (χ0n) is 14.0. The van der Waals surface area contributed by atoms with Gasteiger partial charge in [0.05, 0.1) is 32.0 Å². The standard InChI is InChI=1S/C18H22N4O3/c23-18(15-5-7-20-21-15)22-8-9-25-17-14(3-4-16(17)22)12-24-11-13-2-1-6-19-10-13/h1-2,5-7,10,14,16-17H,3-4,8-9,11-12H2,(H,20,21)/t14-,16-,17-/m1/s1. The number of H-pyrrole nitrogens is 1. The van der Waals surface area contributed by atoms with E-state index in [0.29, 0.717) is 38.0 Å². The van der Waals surface area contributed by atoms with Crippen molar-refractivity contribution in [3.8, 4) is 0 Å². The van der Waals surface area contributed by atoms with Crippen LogP contribution in [0.5, 0.6) is 0 Å². The topological polar surface area (TPSA) is 80.3 Å². The number of rotatable bonds is 5. The molecule has 1 saturated carbocycles. The van der Waals surface area contributed by atoms with Crippen molar-refractivity contribution in [2.75, 3.05) is 19.8 Å². The Morgan fingerprint density at radius 3 is 3.12 bits per heavy atom. The highest BCUT2D eigenvalue weighted by molar-refractivity contribution is 5.92. The van der Waals surface area contributed by atoms with Crippen LogP contribution in [0, 0.1) is 5.92 Å². The van der Waals surface area contributed by atoms with E-state index >= 15 is 0 Å². The summed E-state index contributed by atoms with van der Waals surface area (Å²) < 4.78 is 11.9. The second kappa shape index (κ2) is 7.33. The largest absolute Gasteiger partial charge is 0.376 e. The summed E-state index contributed by atoms with van der Waals surface area (Å²) >= 11 is 0. The van der Waals surface area contributed by atoms with Crippen LogP contribution >= 0.6 is 0 Å². The molecular weight excluding hydrogens is 320 g/mol. The maximum atomic E-state index is 12.7. The van der Waals surface area contributed by atoms with Gasteiger partial charge in [0.1, 0.15) is 5.69 Å². The third-order valence-electron chi connectivity index (χ3n) is 5.04. The highest BCUT2D eigenvalue weighted by Gasteiger charge is 2.44. The van der Waals surface area contributed by atoms with Gasteiger partial charge in [-0.1, -0.05) is 6.07 Å². The molecule has 7 heteroatoms. The fourth-order valence-corrected chi connectivity index (χ4v) is 3.83. The number of nitrogens with zero attached hydrogens (tertiary/aromatic N) is 3. The summed E-state index contributed by atoms with van der Waals surface area (Å²) in [6.45, 7) is 2.39. The molecule has 0 bridgehead atoms. The van der Waals surface area contributed by atoms with Crippen molar-refractivity contribution >= 4 is 5.91 Å². The van der Waals surface area contributed by atoms with Gasteiger partial charge in [-0.2, -0.15) is 5.10 Å². The number of amides is 1. The fraction of sp³-hybridized carbons (Fsp3) is 0.500. The van der Waals surface area contributed by atoms with Gasteiger partial charge in [0.15, 0.2) is 0 Å². The molecule has 1 aliphatic heterocycles. The number of pyridine rings is 1. The van der Waals surface area contributed by atoms with Gasteiger partial charge in [-0.25, -0.2) is 0 Å². The first-order valence-corrected chi connectivity index (χ1v) is 8.71. The molecule has 2 aromatic heterocycles. The van der Waals surface area contributed by atoms with Crippen molar-refractivity contribution in [2.45, 2.75) is 31.6 Å². The van der Waals surface area contributed by atoms with Crippen molar-refractivity contribution in [1.29, 1.82) is 0 Å². The predicted octanol–water partition coefficient (Wildman–Crippen LogP) is 1.64. The highest BCUT2D eigenvalue weighted by Crippen LogP contribution is 2.35. The Labute approximate surface area is 146 Å². The number of aromatic nitrogens is 3. The molecule has 1 saturated heterocycles. The molecule has 2 aromatic rings. The Morgan fingerprint density at radius 1 is 1.36 bits per heavy atom. The maximum Gasteiger partial charge on any atom is 0.272 e. The van der Waals surface area contributed by atoms with Crippen molar-refractivity contribution in [2.24, 2.45) is 5.92 Å². The number of morpholine rings is 1. The van der Waals surface area contributed by atoms with E-state index in [9.17, 15) is 4.79 Å². The van der Waals surface area contributed by atoms with E-state index in [1.165, 1.54) is 0 Å². The lowest BCUT2D eigenvalue weighted by Gasteiger charge is -2.39. The van der Waals surface area contributed by atoms with Crippen LogP contribution in [0.15, 0.2) is 36.8 Å². The molecule has 4 rings (SSSR count). The van der Waals surface area contributed by atoms with Crippen LogP contribution in [0.25, 0.3) is 0 Å². The third-order valence-corrected chi connectivity index (χ3v) is 5.04. The summed E-state index contributed by atoms with van der Waals surface area (Å²) in [4.78, 5) is 18.7. The Hall–Kier alpha value is -2.25. The van der Waals surface area contributed by atoms with Gasteiger partial charge in [0.2, 0.25) is 0 Å². The van der Waals surface area contributed by atoms with Gasteiger partial charge < -0.3 is 14.4 Å². The Bertz CT molecular complexity index is 692. The van der Waals surface area contributed by atoms with E-state index in [0.717, 1.165) is 18.4 Å². The maximum absolute atomic E-state index is 12.7. The van der Waals surface area contributed by atoms with Crippen LogP contribution in [-0.2, 0) is 16.1 Å². The lowest BCUT2D eigenvalue weighted by molar-refractivity contribution is -0.0766. The van der Waals surface area contributed by atoms with E-state index < -0.39 is 0 Å². The van der Waals surface area contributed by atoms with E-state index in [-0.39, 0.29) is 18.1 Å². The monoisotopic (exact) mass is 342 g/mol. The lowest BCUT2D eigenvalue weighted by atomic mass is 10.0. The average molecular weight is 342 g/mol. The smallest absolute Gasteiger partial charge is 0.272 e. The van der Waals surface area contributed by atoms with Crippen molar-refractivity contribution in [1.82, 2.24) is 20.1 Å². The van der Waals surface area contributed by atoms with Crippen molar-refractivity contribution in [3.05, 3.63) is 48.0 Å². The first kappa shape index (κ1) is 16.2. The number of aromatic amines is 1. The molecule has 25 heavy (non-hydrogen) atoms. The predicted molar refractivity (Wildman–Crippen MR) is 89.8 cm³/mol. The molecule has 0 unspecified atom stereocenters. The zero-order chi connectivity index (χ0) is 17.1. The summed E-state index contributed by atoms with van der Waals surface area (Å²) in [7, 11) is 0. The second-order valence-corrected chi connectivity index (χ2v) is 6.59. The molecule has 2 fully saturated rings. The van der Waals surface area contributed by atoms with Crippen LogP contribution in [0.4, 0.5) is 0 Å². The lowest BCUT2D eigenvalue weighted by Crippen LogP contribution is -2.53. The first-order chi connectivity index (χ1) is 12.3. The van der Waals surface area contributed by atoms with Gasteiger partial charge >= 0.3 is 0 Å². The zero-order valence-corrected chi connectivity index (χ0v) is 14.0. The number of nitrogens with one attached hydrogen (secondary N) is 1. The third kappa shape index (κ3) is 3.43. The van der Waals surface area contributed by atoms with Crippen LogP contribution < -0.4 is 0 Å². The molecule has 3 heterocycles. The average Bonchev–Trinajstić information content (AvgIpc) is 3.32. The van der Waals surface area contributed by atoms with Crippen LogP contribution in [0.1, 0.15) is 28.9 Å². The molecule has 0 aromatic carbocycles. The SMILES string of the molecule is O=C(c1ccn[nH]1)N1CCO[C@@H]2[C@@H](COCc3cccnc3)CC[C@H]21. The van der Waals surface area contributed by atoms with Crippen molar-refractivity contribution < 1.29 is 14.3 Å². The molecular formula is C18H22N4O3. The van der Waals surface area contributed by atoms with Gasteiger partial charge in [-0.05, 0) is 30.5 Å². The van der Waals surface area contributed by atoms with E-state index in [4.69, 9.17) is 9.47 Å². The minimum absolute atomic E-state index is 0.00716. The number of hydrogen-bond acceptors (Lipinski definition) is 5. The fourth-order valence-electron chi connectivity index (χ4n) is 3.83. The summed E-state index contributed by atoms with van der Waals surface area (Å²) in [5, 5.41) is 6.64. The normalized spacial score (nSPS) is 25.8. The van der Waals surface area contributed by atoms with Gasteiger partial charge in [-0.15, -0.1) is 0 Å². The molecule has 3 atom stereocenters. The quantitative estimate of drug-likeness (QED) is 0.893. The first-order valence-electron chi connectivity index (χ1n) is 8.71. The second-order valence-electron chi connectivity index (χ2n) is 6.59. The number of carbonyl (C=O) groups excluding carboxylic acids is 1. The minimum Gasteiger partial charge on any atom is -0.376 e. The summed E-state index contributed by atoms with van der Waals surface area (Å²) in [6.07, 6.45) is 7.19. The Morgan fingerprint density at radius 2 is 2.32 bits per heavy atom. The Balaban J connectivity index is 1.35. The molecule has 132 valence electrons. The summed E-state index contributed by atoms with van der Waals surface area (Å²) in [5.41, 5.74) is 1.61. The summed E-state index contributed by atoms with van der Waals surface area (Å²) in [5.74, 6) is 0.326. The number of fused-ring (bicyclic) bond motifs is 1. The minimum atomic E-state index is 0.00716. The molecule has 2 aliphatic rings. The van der Waals surface area contributed by atoms with Crippen LogP contribution in [0.3, 0.4) is 0 Å². The molecule has 7 nitrogen and oxygen atoms in total. The van der Waals surface area contributed by atoms with Crippen molar-refractivity contribution in [3.63, 3.8) is 0 Å². The molecule has 1 N–H and O–H groups in total. The molecule has 0 spiro atoms.